The molecule has 29 heavy (non-hydrogen) atoms. The van der Waals surface area contributed by atoms with Crippen LogP contribution in [-0.2, 0) is 0 Å². The lowest BCUT2D eigenvalue weighted by Crippen LogP contribution is -2.38. The van der Waals surface area contributed by atoms with E-state index in [-0.39, 0.29) is 11.9 Å². The molecule has 0 fully saturated rings. The first-order valence-corrected chi connectivity index (χ1v) is 10.2. The van der Waals surface area contributed by atoms with E-state index in [1.54, 1.807) is 6.20 Å². The Kier molecular flexibility index (Phi) is 6.99. The number of carbonyl (C=O) groups is 1. The molecule has 0 aliphatic heterocycles. The number of urea groups is 1. The predicted molar refractivity (Wildman–Crippen MR) is 116 cm³/mol. The molecule has 0 aliphatic rings. The topological polar surface area (TPSA) is 96.8 Å². The Morgan fingerprint density at radius 2 is 1.83 bits per heavy atom. The average Bonchev–Trinajstić information content (AvgIpc) is 3.19. The molecule has 2 aromatic heterocycles. The largest absolute Gasteiger partial charge is 0.368 e. The summed E-state index contributed by atoms with van der Waals surface area (Å²) in [4.78, 5) is 21.2. The van der Waals surface area contributed by atoms with E-state index in [0.29, 0.717) is 19.6 Å². The lowest BCUT2D eigenvalue weighted by molar-refractivity contribution is 0.241. The molecular formula is C21H29N7O. The maximum atomic E-state index is 11.7. The molecule has 0 radical (unpaired) electrons. The molecule has 0 aliphatic carbocycles. The van der Waals surface area contributed by atoms with Crippen molar-refractivity contribution in [2.45, 2.75) is 39.5 Å². The fraction of sp³-hybridized carbons (Fsp3) is 0.429. The van der Waals surface area contributed by atoms with Crippen molar-refractivity contribution < 1.29 is 4.79 Å². The minimum absolute atomic E-state index is 0.154. The van der Waals surface area contributed by atoms with Crippen molar-refractivity contribution in [1.29, 1.82) is 0 Å². The van der Waals surface area contributed by atoms with Gasteiger partial charge in [0, 0.05) is 25.6 Å². The molecule has 3 aromatic rings. The maximum absolute atomic E-state index is 11.7. The van der Waals surface area contributed by atoms with Crippen molar-refractivity contribution in [3.63, 3.8) is 0 Å². The highest BCUT2D eigenvalue weighted by molar-refractivity contribution is 5.87. The summed E-state index contributed by atoms with van der Waals surface area (Å²) in [5.41, 5.74) is 1.73. The first kappa shape index (κ1) is 20.6. The SMILES string of the molecule is CCCNC(=O)NCCNc1nc([C@@H](C)CC)nc2c1cnn2-c1ccccc1. The number of amides is 2. The number of hydrogen-bond acceptors (Lipinski definition) is 5. The van der Waals surface area contributed by atoms with Crippen LogP contribution in [0.5, 0.6) is 0 Å². The molecule has 0 bridgehead atoms. The monoisotopic (exact) mass is 395 g/mol. The minimum atomic E-state index is -0.154. The summed E-state index contributed by atoms with van der Waals surface area (Å²) in [6, 6.07) is 9.79. The van der Waals surface area contributed by atoms with E-state index >= 15 is 0 Å². The second-order valence-corrected chi connectivity index (χ2v) is 6.98. The minimum Gasteiger partial charge on any atom is -0.368 e. The highest BCUT2D eigenvalue weighted by Gasteiger charge is 2.16. The van der Waals surface area contributed by atoms with Gasteiger partial charge in [-0.2, -0.15) is 5.10 Å². The summed E-state index contributed by atoms with van der Waals surface area (Å²) in [7, 11) is 0. The molecule has 154 valence electrons. The summed E-state index contributed by atoms with van der Waals surface area (Å²) in [5.74, 6) is 1.76. The number of hydrogen-bond donors (Lipinski definition) is 3. The predicted octanol–water partition coefficient (Wildman–Crippen LogP) is 3.45. The van der Waals surface area contributed by atoms with E-state index in [4.69, 9.17) is 9.97 Å². The Bertz CT molecular complexity index is 939. The molecule has 0 saturated heterocycles. The number of fused-ring (bicyclic) bond motifs is 1. The second kappa shape index (κ2) is 9.86. The molecule has 2 amide bonds. The van der Waals surface area contributed by atoms with E-state index in [9.17, 15) is 4.79 Å². The summed E-state index contributed by atoms with van der Waals surface area (Å²) in [6.07, 6.45) is 3.64. The zero-order valence-electron chi connectivity index (χ0n) is 17.3. The lowest BCUT2D eigenvalue weighted by Gasteiger charge is -2.13. The number of benzene rings is 1. The third-order valence-corrected chi connectivity index (χ3v) is 4.74. The molecule has 1 atom stereocenters. The highest BCUT2D eigenvalue weighted by Crippen LogP contribution is 2.26. The third kappa shape index (κ3) is 5.01. The van der Waals surface area contributed by atoms with Crippen LogP contribution >= 0.6 is 0 Å². The van der Waals surface area contributed by atoms with Crippen LogP contribution in [0.2, 0.25) is 0 Å². The van der Waals surface area contributed by atoms with Crippen molar-refractivity contribution in [3.05, 3.63) is 42.4 Å². The van der Waals surface area contributed by atoms with E-state index < -0.39 is 0 Å². The molecule has 0 saturated carbocycles. The van der Waals surface area contributed by atoms with Gasteiger partial charge in [0.25, 0.3) is 0 Å². The number of rotatable bonds is 9. The van der Waals surface area contributed by atoms with Gasteiger partial charge in [0.05, 0.1) is 17.3 Å². The van der Waals surface area contributed by atoms with Gasteiger partial charge < -0.3 is 16.0 Å². The van der Waals surface area contributed by atoms with Gasteiger partial charge >= 0.3 is 6.03 Å². The fourth-order valence-corrected chi connectivity index (χ4v) is 2.88. The van der Waals surface area contributed by atoms with E-state index in [2.05, 4.69) is 34.9 Å². The molecule has 8 nitrogen and oxygen atoms in total. The third-order valence-electron chi connectivity index (χ3n) is 4.74. The molecule has 2 heterocycles. The molecule has 0 spiro atoms. The van der Waals surface area contributed by atoms with Crippen LogP contribution in [0, 0.1) is 0 Å². The fourth-order valence-electron chi connectivity index (χ4n) is 2.88. The van der Waals surface area contributed by atoms with Crippen LogP contribution in [-0.4, -0.2) is 45.4 Å². The van der Waals surface area contributed by atoms with Gasteiger partial charge in [-0.15, -0.1) is 0 Å². The Labute approximate surface area is 171 Å². The van der Waals surface area contributed by atoms with Gasteiger partial charge in [-0.25, -0.2) is 19.4 Å². The van der Waals surface area contributed by atoms with Crippen LogP contribution in [0.1, 0.15) is 45.4 Å². The summed E-state index contributed by atoms with van der Waals surface area (Å²) in [5, 5.41) is 14.4. The van der Waals surface area contributed by atoms with Crippen molar-refractivity contribution in [2.75, 3.05) is 25.0 Å². The summed E-state index contributed by atoms with van der Waals surface area (Å²) in [6.45, 7) is 7.98. The first-order valence-electron chi connectivity index (χ1n) is 10.2. The zero-order valence-corrected chi connectivity index (χ0v) is 17.3. The molecule has 3 N–H and O–H groups in total. The lowest BCUT2D eigenvalue weighted by atomic mass is 10.1. The first-order chi connectivity index (χ1) is 14.1. The van der Waals surface area contributed by atoms with E-state index in [0.717, 1.165) is 41.2 Å². The van der Waals surface area contributed by atoms with Gasteiger partial charge in [-0.3, -0.25) is 0 Å². The Morgan fingerprint density at radius 1 is 1.07 bits per heavy atom. The number of carbonyl (C=O) groups excluding carboxylic acids is 1. The number of para-hydroxylation sites is 1. The normalized spacial score (nSPS) is 12.0. The Hall–Kier alpha value is -3.16. The molecule has 8 heteroatoms. The molecule has 3 rings (SSSR count). The average molecular weight is 396 g/mol. The van der Waals surface area contributed by atoms with Gasteiger partial charge in [-0.1, -0.05) is 39.0 Å². The number of aromatic nitrogens is 4. The highest BCUT2D eigenvalue weighted by atomic mass is 16.2. The van der Waals surface area contributed by atoms with Crippen molar-refractivity contribution in [1.82, 2.24) is 30.4 Å². The van der Waals surface area contributed by atoms with Crippen LogP contribution < -0.4 is 16.0 Å². The van der Waals surface area contributed by atoms with E-state index in [1.807, 2.05) is 41.9 Å². The van der Waals surface area contributed by atoms with Crippen molar-refractivity contribution >= 4 is 22.9 Å². The van der Waals surface area contributed by atoms with Crippen LogP contribution in [0.3, 0.4) is 0 Å². The summed E-state index contributed by atoms with van der Waals surface area (Å²) >= 11 is 0. The van der Waals surface area contributed by atoms with Gasteiger partial charge in [0.15, 0.2) is 5.65 Å². The molecule has 1 aromatic carbocycles. The Balaban J connectivity index is 1.82. The smallest absolute Gasteiger partial charge is 0.314 e. The number of anilines is 1. The Morgan fingerprint density at radius 3 is 2.55 bits per heavy atom. The maximum Gasteiger partial charge on any atom is 0.314 e. The van der Waals surface area contributed by atoms with Crippen LogP contribution in [0.15, 0.2) is 36.5 Å². The van der Waals surface area contributed by atoms with Crippen molar-refractivity contribution in [3.8, 4) is 5.69 Å². The van der Waals surface area contributed by atoms with Gasteiger partial charge in [0.1, 0.15) is 11.6 Å². The van der Waals surface area contributed by atoms with Crippen LogP contribution in [0.4, 0.5) is 10.6 Å². The zero-order chi connectivity index (χ0) is 20.6. The van der Waals surface area contributed by atoms with E-state index in [1.165, 1.54) is 0 Å². The quantitative estimate of drug-likeness (QED) is 0.482. The molecule has 0 unspecified atom stereocenters. The second-order valence-electron chi connectivity index (χ2n) is 6.98. The van der Waals surface area contributed by atoms with Crippen LogP contribution in [0.25, 0.3) is 16.7 Å². The summed E-state index contributed by atoms with van der Waals surface area (Å²) < 4.78 is 1.84. The van der Waals surface area contributed by atoms with Crippen molar-refractivity contribution in [2.24, 2.45) is 0 Å². The van der Waals surface area contributed by atoms with Gasteiger partial charge in [0.2, 0.25) is 0 Å². The number of nitrogens with one attached hydrogen (secondary N) is 3. The number of nitrogens with zero attached hydrogens (tertiary/aromatic N) is 4. The molecular weight excluding hydrogens is 366 g/mol. The standard InChI is InChI=1S/C21H29N7O/c1-4-11-23-21(29)24-13-12-22-19-17-14-25-28(16-9-7-6-8-10-16)20(17)27-18(26-19)15(3)5-2/h6-10,14-15H,4-5,11-13H2,1-3H3,(H,22,26,27)(H2,23,24,29)/t15-/m0/s1. The van der Waals surface area contributed by atoms with Gasteiger partial charge in [-0.05, 0) is 25.0 Å².